The number of benzene rings is 2. The summed E-state index contributed by atoms with van der Waals surface area (Å²) in [4.78, 5) is 4.04. The largest absolute Gasteiger partial charge is 0.494 e. The number of nitrogens with zero attached hydrogens (tertiary/aromatic N) is 2. The summed E-state index contributed by atoms with van der Waals surface area (Å²) in [6.07, 6.45) is 5.41. The summed E-state index contributed by atoms with van der Waals surface area (Å²) in [5.41, 5.74) is 3.07. The van der Waals surface area contributed by atoms with E-state index in [1.807, 2.05) is 54.7 Å². The highest BCUT2D eigenvalue weighted by atomic mass is 35.5. The van der Waals surface area contributed by atoms with Gasteiger partial charge in [0.2, 0.25) is 5.88 Å². The Morgan fingerprint density at radius 1 is 0.920 bits per heavy atom. The number of hydrogen-bond donors (Lipinski definition) is 1. The standard InChI is InChI=1S/C20H14Cl2N2O/c21-17-3-1-13(2-4-17)11-24-12-16-9-15(14-5-7-23-8-6-14)10-18(22)19(16)20(24)25/h1-10,12,25H,11H2. The number of pyridine rings is 1. The molecule has 1 N–H and O–H groups in total. The lowest BCUT2D eigenvalue weighted by molar-refractivity contribution is 0.430. The zero-order valence-electron chi connectivity index (χ0n) is 13.2. The molecule has 0 amide bonds. The quantitative estimate of drug-likeness (QED) is 0.498. The van der Waals surface area contributed by atoms with Crippen LogP contribution in [0.25, 0.3) is 21.9 Å². The fourth-order valence-electron chi connectivity index (χ4n) is 2.96. The Balaban J connectivity index is 1.78. The molecule has 0 aliphatic rings. The first kappa shape index (κ1) is 16.0. The van der Waals surface area contributed by atoms with Crippen LogP contribution >= 0.6 is 23.2 Å². The summed E-state index contributed by atoms with van der Waals surface area (Å²) in [5, 5.41) is 13.4. The molecule has 2 aromatic carbocycles. The highest BCUT2D eigenvalue weighted by molar-refractivity contribution is 6.36. The maximum atomic E-state index is 10.6. The molecule has 0 atom stereocenters. The molecule has 3 nitrogen and oxygen atoms in total. The van der Waals surface area contributed by atoms with Crippen LogP contribution in [-0.2, 0) is 6.54 Å². The Morgan fingerprint density at radius 2 is 1.64 bits per heavy atom. The maximum absolute atomic E-state index is 10.6. The third-order valence-electron chi connectivity index (χ3n) is 4.19. The number of fused-ring (bicyclic) bond motifs is 1. The van der Waals surface area contributed by atoms with Gasteiger partial charge in [0.15, 0.2) is 0 Å². The number of aromatic nitrogens is 2. The van der Waals surface area contributed by atoms with Crippen molar-refractivity contribution in [3.63, 3.8) is 0 Å². The lowest BCUT2D eigenvalue weighted by Crippen LogP contribution is -1.96. The normalized spacial score (nSPS) is 11.1. The lowest BCUT2D eigenvalue weighted by atomic mass is 10.0. The first-order chi connectivity index (χ1) is 12.1. The Bertz CT molecular complexity index is 1040. The minimum absolute atomic E-state index is 0.163. The Morgan fingerprint density at radius 3 is 2.36 bits per heavy atom. The van der Waals surface area contributed by atoms with E-state index in [0.29, 0.717) is 22.0 Å². The second-order valence-corrected chi connectivity index (χ2v) is 6.71. The molecule has 0 aliphatic carbocycles. The smallest absolute Gasteiger partial charge is 0.200 e. The zero-order valence-corrected chi connectivity index (χ0v) is 14.7. The van der Waals surface area contributed by atoms with Crippen LogP contribution in [0.5, 0.6) is 5.88 Å². The number of halogens is 2. The molecule has 4 aromatic rings. The van der Waals surface area contributed by atoms with Crippen molar-refractivity contribution in [2.75, 3.05) is 0 Å². The summed E-state index contributed by atoms with van der Waals surface area (Å²) in [5.74, 6) is 0.163. The Kier molecular flexibility index (Phi) is 4.12. The second kappa shape index (κ2) is 6.43. The average Bonchev–Trinajstić information content (AvgIpc) is 2.94. The van der Waals surface area contributed by atoms with Gasteiger partial charge in [-0.2, -0.15) is 0 Å². The maximum Gasteiger partial charge on any atom is 0.200 e. The van der Waals surface area contributed by atoms with Gasteiger partial charge in [-0.1, -0.05) is 35.3 Å². The van der Waals surface area contributed by atoms with E-state index in [4.69, 9.17) is 23.2 Å². The van der Waals surface area contributed by atoms with Crippen molar-refractivity contribution in [2.24, 2.45) is 0 Å². The van der Waals surface area contributed by atoms with Gasteiger partial charge in [-0.3, -0.25) is 4.98 Å². The molecular formula is C20H14Cl2N2O. The van der Waals surface area contributed by atoms with Crippen LogP contribution in [0.4, 0.5) is 0 Å². The van der Waals surface area contributed by atoms with Crippen LogP contribution in [-0.4, -0.2) is 14.7 Å². The molecule has 0 saturated carbocycles. The van der Waals surface area contributed by atoms with Crippen LogP contribution in [0.3, 0.4) is 0 Å². The van der Waals surface area contributed by atoms with Crippen molar-refractivity contribution in [3.8, 4) is 17.0 Å². The molecule has 0 saturated heterocycles. The van der Waals surface area contributed by atoms with E-state index in [1.165, 1.54) is 0 Å². The summed E-state index contributed by atoms with van der Waals surface area (Å²) < 4.78 is 1.79. The van der Waals surface area contributed by atoms with E-state index in [2.05, 4.69) is 4.98 Å². The molecule has 124 valence electrons. The molecule has 0 bridgehead atoms. The summed E-state index contributed by atoms with van der Waals surface area (Å²) in [7, 11) is 0. The van der Waals surface area contributed by atoms with Crippen LogP contribution < -0.4 is 0 Å². The highest BCUT2D eigenvalue weighted by Gasteiger charge is 2.14. The minimum Gasteiger partial charge on any atom is -0.494 e. The van der Waals surface area contributed by atoms with Crippen molar-refractivity contribution in [1.82, 2.24) is 9.55 Å². The van der Waals surface area contributed by atoms with Crippen molar-refractivity contribution in [2.45, 2.75) is 6.54 Å². The third kappa shape index (κ3) is 3.09. The minimum atomic E-state index is 0.163. The molecule has 2 aromatic heterocycles. The number of rotatable bonds is 3. The number of aromatic hydroxyl groups is 1. The van der Waals surface area contributed by atoms with Gasteiger partial charge in [-0.05, 0) is 53.1 Å². The van der Waals surface area contributed by atoms with Crippen LogP contribution in [0.15, 0.2) is 67.1 Å². The van der Waals surface area contributed by atoms with E-state index >= 15 is 0 Å². The highest BCUT2D eigenvalue weighted by Crippen LogP contribution is 2.37. The second-order valence-electron chi connectivity index (χ2n) is 5.87. The molecule has 0 radical (unpaired) electrons. The van der Waals surface area contributed by atoms with Gasteiger partial charge in [0.05, 0.1) is 17.0 Å². The summed E-state index contributed by atoms with van der Waals surface area (Å²) in [6, 6.07) is 15.3. The third-order valence-corrected chi connectivity index (χ3v) is 4.74. The lowest BCUT2D eigenvalue weighted by Gasteiger charge is -2.05. The fourth-order valence-corrected chi connectivity index (χ4v) is 3.39. The molecule has 4 rings (SSSR count). The average molecular weight is 369 g/mol. The SMILES string of the molecule is Oc1c2c(Cl)cc(-c3ccncc3)cc2cn1Cc1ccc(Cl)cc1. The predicted octanol–water partition coefficient (Wildman–Crippen LogP) is 5.76. The van der Waals surface area contributed by atoms with E-state index in [0.717, 1.165) is 22.1 Å². The molecule has 5 heteroatoms. The van der Waals surface area contributed by atoms with Gasteiger partial charge in [-0.25, -0.2) is 0 Å². The number of hydrogen-bond acceptors (Lipinski definition) is 2. The van der Waals surface area contributed by atoms with Gasteiger partial charge in [0.1, 0.15) is 0 Å². The van der Waals surface area contributed by atoms with Crippen LogP contribution in [0.1, 0.15) is 5.56 Å². The molecule has 0 aliphatic heterocycles. The van der Waals surface area contributed by atoms with E-state index in [9.17, 15) is 5.11 Å². The van der Waals surface area contributed by atoms with Gasteiger partial charge in [0.25, 0.3) is 0 Å². The molecule has 2 heterocycles. The molecule has 0 fully saturated rings. The van der Waals surface area contributed by atoms with E-state index in [1.54, 1.807) is 17.0 Å². The first-order valence-corrected chi connectivity index (χ1v) is 8.53. The Labute approximate surface area is 155 Å². The fraction of sp³-hybridized carbons (Fsp3) is 0.0500. The van der Waals surface area contributed by atoms with Gasteiger partial charge in [-0.15, -0.1) is 0 Å². The van der Waals surface area contributed by atoms with E-state index < -0.39 is 0 Å². The topological polar surface area (TPSA) is 38.1 Å². The molecule has 0 spiro atoms. The van der Waals surface area contributed by atoms with Crippen LogP contribution in [0.2, 0.25) is 10.0 Å². The van der Waals surface area contributed by atoms with Gasteiger partial charge >= 0.3 is 0 Å². The molecule has 25 heavy (non-hydrogen) atoms. The van der Waals surface area contributed by atoms with E-state index in [-0.39, 0.29) is 5.88 Å². The Hall–Kier alpha value is -2.49. The van der Waals surface area contributed by atoms with Crippen LogP contribution in [0, 0.1) is 0 Å². The molecule has 0 unspecified atom stereocenters. The van der Waals surface area contributed by atoms with Crippen molar-refractivity contribution >= 4 is 34.0 Å². The van der Waals surface area contributed by atoms with Crippen molar-refractivity contribution in [3.05, 3.63) is 82.7 Å². The monoisotopic (exact) mass is 368 g/mol. The summed E-state index contributed by atoms with van der Waals surface area (Å²) >= 11 is 12.4. The molecular weight excluding hydrogens is 355 g/mol. The van der Waals surface area contributed by atoms with Gasteiger partial charge in [0, 0.05) is 29.0 Å². The summed E-state index contributed by atoms with van der Waals surface area (Å²) in [6.45, 7) is 0.540. The predicted molar refractivity (Wildman–Crippen MR) is 102 cm³/mol. The zero-order chi connectivity index (χ0) is 17.4. The first-order valence-electron chi connectivity index (χ1n) is 7.78. The van der Waals surface area contributed by atoms with Crippen molar-refractivity contribution in [1.29, 1.82) is 0 Å². The van der Waals surface area contributed by atoms with Gasteiger partial charge < -0.3 is 9.67 Å². The van der Waals surface area contributed by atoms with Crippen molar-refractivity contribution < 1.29 is 5.11 Å².